The number of anilines is 1. The molecule has 7 nitrogen and oxygen atoms in total. The first kappa shape index (κ1) is 16.6. The van der Waals surface area contributed by atoms with Gasteiger partial charge in [-0.25, -0.2) is 0 Å². The number of aromatic nitrogens is 3. The quantitative estimate of drug-likeness (QED) is 0.712. The molecule has 0 spiro atoms. The summed E-state index contributed by atoms with van der Waals surface area (Å²) in [4.78, 5) is 20.6. The maximum absolute atomic E-state index is 12.2. The lowest BCUT2D eigenvalue weighted by atomic mass is 10.2. The third kappa shape index (κ3) is 4.41. The first-order valence-electron chi connectivity index (χ1n) is 8.02. The Morgan fingerprint density at radius 1 is 1.20 bits per heavy atom. The van der Waals surface area contributed by atoms with Crippen molar-refractivity contribution in [1.29, 1.82) is 0 Å². The second-order valence-electron chi connectivity index (χ2n) is 5.20. The van der Waals surface area contributed by atoms with Crippen molar-refractivity contribution in [2.75, 3.05) is 11.9 Å². The molecule has 0 saturated carbocycles. The van der Waals surface area contributed by atoms with E-state index in [2.05, 4.69) is 20.4 Å². The second kappa shape index (κ2) is 8.05. The van der Waals surface area contributed by atoms with Crippen LogP contribution >= 0.6 is 0 Å². The van der Waals surface area contributed by atoms with Gasteiger partial charge in [-0.1, -0.05) is 23.4 Å². The Labute approximate surface area is 145 Å². The highest BCUT2D eigenvalue weighted by atomic mass is 16.5. The lowest BCUT2D eigenvalue weighted by Crippen LogP contribution is -2.13. The average molecular weight is 338 g/mol. The van der Waals surface area contributed by atoms with Crippen LogP contribution < -0.4 is 10.1 Å². The molecule has 2 heterocycles. The Bertz CT molecular complexity index is 833. The Morgan fingerprint density at radius 2 is 2.04 bits per heavy atom. The van der Waals surface area contributed by atoms with Gasteiger partial charge < -0.3 is 14.6 Å². The maximum atomic E-state index is 12.2. The summed E-state index contributed by atoms with van der Waals surface area (Å²) in [5, 5.41) is 6.72. The number of carbonyl (C=O) groups excluding carboxylic acids is 1. The lowest BCUT2D eigenvalue weighted by molar-refractivity contribution is -0.116. The van der Waals surface area contributed by atoms with Crippen molar-refractivity contribution in [1.82, 2.24) is 15.1 Å². The highest BCUT2D eigenvalue weighted by Gasteiger charge is 2.12. The van der Waals surface area contributed by atoms with E-state index in [1.807, 2.05) is 37.3 Å². The number of nitrogens with one attached hydrogen (secondary N) is 1. The summed E-state index contributed by atoms with van der Waals surface area (Å²) in [7, 11) is 0. The number of hydrogen-bond donors (Lipinski definition) is 1. The molecule has 0 fully saturated rings. The predicted octanol–water partition coefficient (Wildman–Crippen LogP) is 3.10. The number of pyridine rings is 1. The number of amides is 1. The van der Waals surface area contributed by atoms with Crippen LogP contribution in [0.5, 0.6) is 5.75 Å². The van der Waals surface area contributed by atoms with Crippen LogP contribution in [0.25, 0.3) is 11.5 Å². The van der Waals surface area contributed by atoms with Crippen molar-refractivity contribution in [3.63, 3.8) is 0 Å². The molecular weight excluding hydrogens is 320 g/mol. The fourth-order valence-corrected chi connectivity index (χ4v) is 2.24. The third-order valence-corrected chi connectivity index (χ3v) is 3.39. The van der Waals surface area contributed by atoms with Crippen LogP contribution in [0.3, 0.4) is 0 Å². The number of ether oxygens (including phenoxy) is 1. The van der Waals surface area contributed by atoms with E-state index in [1.165, 1.54) is 0 Å². The van der Waals surface area contributed by atoms with Gasteiger partial charge in [-0.05, 0) is 31.2 Å². The molecule has 1 aromatic carbocycles. The van der Waals surface area contributed by atoms with Crippen molar-refractivity contribution in [3.8, 4) is 17.3 Å². The first-order chi connectivity index (χ1) is 12.3. The van der Waals surface area contributed by atoms with E-state index in [1.54, 1.807) is 18.3 Å². The Morgan fingerprint density at radius 3 is 2.84 bits per heavy atom. The van der Waals surface area contributed by atoms with Gasteiger partial charge in [-0.2, -0.15) is 4.98 Å². The molecule has 0 aliphatic heterocycles. The number of para-hydroxylation sites is 2. The van der Waals surface area contributed by atoms with Crippen molar-refractivity contribution in [3.05, 3.63) is 54.6 Å². The lowest BCUT2D eigenvalue weighted by Gasteiger charge is -2.10. The third-order valence-electron chi connectivity index (χ3n) is 3.39. The van der Waals surface area contributed by atoms with E-state index in [9.17, 15) is 4.79 Å². The zero-order chi connectivity index (χ0) is 17.5. The van der Waals surface area contributed by atoms with Gasteiger partial charge in [-0.3, -0.25) is 9.78 Å². The van der Waals surface area contributed by atoms with E-state index in [0.717, 1.165) is 0 Å². The SMILES string of the molecule is CCOc1ccccc1NC(=O)CCc1nc(-c2ccccn2)no1. The Kier molecular flexibility index (Phi) is 5.36. The van der Waals surface area contributed by atoms with Gasteiger partial charge in [0.05, 0.1) is 12.3 Å². The van der Waals surface area contributed by atoms with Crippen LogP contribution in [0, 0.1) is 0 Å². The van der Waals surface area contributed by atoms with Gasteiger partial charge in [0, 0.05) is 19.0 Å². The number of rotatable bonds is 7. The molecule has 0 bridgehead atoms. The molecule has 2 aromatic heterocycles. The molecule has 3 aromatic rings. The number of hydrogen-bond acceptors (Lipinski definition) is 6. The second-order valence-corrected chi connectivity index (χ2v) is 5.20. The summed E-state index contributed by atoms with van der Waals surface area (Å²) in [6.45, 7) is 2.43. The Hall–Kier alpha value is -3.22. The summed E-state index contributed by atoms with van der Waals surface area (Å²) in [6, 6.07) is 12.8. The van der Waals surface area contributed by atoms with Gasteiger partial charge in [0.15, 0.2) is 0 Å². The largest absolute Gasteiger partial charge is 0.492 e. The van der Waals surface area contributed by atoms with Crippen LogP contribution in [0.4, 0.5) is 5.69 Å². The summed E-state index contributed by atoms with van der Waals surface area (Å²) in [6.07, 6.45) is 2.24. The zero-order valence-corrected chi connectivity index (χ0v) is 13.8. The first-order valence-corrected chi connectivity index (χ1v) is 8.02. The van der Waals surface area contributed by atoms with Gasteiger partial charge in [0.2, 0.25) is 17.6 Å². The van der Waals surface area contributed by atoms with Crippen molar-refractivity contribution < 1.29 is 14.1 Å². The van der Waals surface area contributed by atoms with Crippen molar-refractivity contribution in [2.45, 2.75) is 19.8 Å². The number of nitrogens with zero attached hydrogens (tertiary/aromatic N) is 3. The molecule has 7 heteroatoms. The van der Waals surface area contributed by atoms with Crippen LogP contribution in [0.15, 0.2) is 53.2 Å². The summed E-state index contributed by atoms with van der Waals surface area (Å²) in [5.41, 5.74) is 1.28. The molecule has 0 radical (unpaired) electrons. The summed E-state index contributed by atoms with van der Waals surface area (Å²) in [5.74, 6) is 1.31. The molecular formula is C18H18N4O3. The normalized spacial score (nSPS) is 10.4. The fraction of sp³-hybridized carbons (Fsp3) is 0.222. The Balaban J connectivity index is 1.57. The molecule has 1 N–H and O–H groups in total. The van der Waals surface area contributed by atoms with E-state index in [0.29, 0.717) is 41.9 Å². The molecule has 1 amide bonds. The fourth-order valence-electron chi connectivity index (χ4n) is 2.24. The van der Waals surface area contributed by atoms with Crippen molar-refractivity contribution >= 4 is 11.6 Å². The molecule has 25 heavy (non-hydrogen) atoms. The van der Waals surface area contributed by atoms with Gasteiger partial charge in [-0.15, -0.1) is 0 Å². The number of benzene rings is 1. The molecule has 0 aliphatic rings. The zero-order valence-electron chi connectivity index (χ0n) is 13.8. The van der Waals surface area contributed by atoms with Gasteiger partial charge in [0.1, 0.15) is 11.4 Å². The molecule has 0 aliphatic carbocycles. The maximum Gasteiger partial charge on any atom is 0.227 e. The molecule has 128 valence electrons. The minimum atomic E-state index is -0.148. The van der Waals surface area contributed by atoms with Crippen LogP contribution in [-0.4, -0.2) is 27.6 Å². The predicted molar refractivity (Wildman–Crippen MR) is 92.1 cm³/mol. The highest BCUT2D eigenvalue weighted by molar-refractivity contribution is 5.92. The van der Waals surface area contributed by atoms with E-state index in [-0.39, 0.29) is 12.3 Å². The number of carbonyl (C=O) groups is 1. The van der Waals surface area contributed by atoms with E-state index in [4.69, 9.17) is 9.26 Å². The topological polar surface area (TPSA) is 90.1 Å². The minimum absolute atomic E-state index is 0.148. The van der Waals surface area contributed by atoms with Crippen LogP contribution in [-0.2, 0) is 11.2 Å². The highest BCUT2D eigenvalue weighted by Crippen LogP contribution is 2.23. The van der Waals surface area contributed by atoms with Gasteiger partial charge in [0.25, 0.3) is 0 Å². The standard InChI is InChI=1S/C18H18N4O3/c1-2-24-15-9-4-3-7-13(15)20-16(23)10-11-17-21-18(22-25-17)14-8-5-6-12-19-14/h3-9,12H,2,10-11H2,1H3,(H,20,23). The molecule has 3 rings (SSSR count). The van der Waals surface area contributed by atoms with Crippen LogP contribution in [0.1, 0.15) is 19.2 Å². The summed E-state index contributed by atoms with van der Waals surface area (Å²) < 4.78 is 10.7. The number of aryl methyl sites for hydroxylation is 1. The van der Waals surface area contributed by atoms with E-state index < -0.39 is 0 Å². The smallest absolute Gasteiger partial charge is 0.227 e. The monoisotopic (exact) mass is 338 g/mol. The van der Waals surface area contributed by atoms with Gasteiger partial charge >= 0.3 is 0 Å². The average Bonchev–Trinajstić information content (AvgIpc) is 3.12. The molecule has 0 atom stereocenters. The summed E-state index contributed by atoms with van der Waals surface area (Å²) >= 11 is 0. The minimum Gasteiger partial charge on any atom is -0.492 e. The van der Waals surface area contributed by atoms with Crippen LogP contribution in [0.2, 0.25) is 0 Å². The van der Waals surface area contributed by atoms with E-state index >= 15 is 0 Å². The van der Waals surface area contributed by atoms with Crippen molar-refractivity contribution in [2.24, 2.45) is 0 Å². The molecule has 0 unspecified atom stereocenters. The molecule has 0 saturated heterocycles.